The molecule has 0 radical (unpaired) electrons. The Morgan fingerprint density at radius 2 is 2.00 bits per heavy atom. The number of ether oxygens (including phenoxy) is 1. The van der Waals surface area contributed by atoms with Crippen LogP contribution in [0, 0.1) is 0 Å². The molecule has 0 aliphatic carbocycles. The largest absolute Gasteiger partial charge is 0.462 e. The van der Waals surface area contributed by atoms with Gasteiger partial charge in [-0.25, -0.2) is 4.79 Å². The van der Waals surface area contributed by atoms with Crippen LogP contribution in [0.4, 0.5) is 13.2 Å². The third-order valence-electron chi connectivity index (χ3n) is 3.43. The van der Waals surface area contributed by atoms with Crippen molar-refractivity contribution in [2.24, 2.45) is 0 Å². The summed E-state index contributed by atoms with van der Waals surface area (Å²) >= 11 is 0. The van der Waals surface area contributed by atoms with Crippen LogP contribution in [0.2, 0.25) is 0 Å². The molecule has 2 heterocycles. The molecule has 0 atom stereocenters. The summed E-state index contributed by atoms with van der Waals surface area (Å²) in [5, 5.41) is 17.0. The number of carbonyl (C=O) groups is 1. The predicted molar refractivity (Wildman–Crippen MR) is 81.9 cm³/mol. The summed E-state index contributed by atoms with van der Waals surface area (Å²) in [4.78, 5) is 11.8. The summed E-state index contributed by atoms with van der Waals surface area (Å²) in [6, 6.07) is 6.82. The topological polar surface area (TPSA) is 98.6 Å². The number of hydrogen-bond acceptors (Lipinski definition) is 6. The van der Waals surface area contributed by atoms with Gasteiger partial charge in [0, 0.05) is 11.8 Å². The summed E-state index contributed by atoms with van der Waals surface area (Å²) < 4.78 is 45.0. The van der Waals surface area contributed by atoms with E-state index >= 15 is 0 Å². The number of halogens is 3. The maximum Gasteiger partial charge on any atom is 0.436 e. The van der Waals surface area contributed by atoms with E-state index in [1.165, 1.54) is 6.92 Å². The van der Waals surface area contributed by atoms with Gasteiger partial charge in [-0.1, -0.05) is 24.3 Å². The van der Waals surface area contributed by atoms with E-state index < -0.39 is 23.4 Å². The molecule has 0 saturated heterocycles. The summed E-state index contributed by atoms with van der Waals surface area (Å²) in [7, 11) is 0. The number of aromatic amines is 1. The van der Waals surface area contributed by atoms with E-state index in [2.05, 4.69) is 30.5 Å². The van der Waals surface area contributed by atoms with Gasteiger partial charge in [-0.3, -0.25) is 4.68 Å². The molecule has 0 fully saturated rings. The number of nitrogens with one attached hydrogen (secondary N) is 1. The first kappa shape index (κ1) is 17.6. The van der Waals surface area contributed by atoms with Gasteiger partial charge in [0.25, 0.3) is 0 Å². The Kier molecular flexibility index (Phi) is 4.69. The SMILES string of the molecule is CCOC(=O)c1cn(Cc2ccc(-c3nn[nH]n3)cc2)nc1C(F)(F)F. The quantitative estimate of drug-likeness (QED) is 0.696. The Morgan fingerprint density at radius 1 is 1.27 bits per heavy atom. The average molecular weight is 366 g/mol. The molecule has 0 amide bonds. The number of rotatable bonds is 5. The molecule has 1 aromatic carbocycles. The Morgan fingerprint density at radius 3 is 2.58 bits per heavy atom. The van der Waals surface area contributed by atoms with Crippen LogP contribution < -0.4 is 0 Å². The normalized spacial score (nSPS) is 11.5. The van der Waals surface area contributed by atoms with E-state index in [0.717, 1.165) is 10.9 Å². The smallest absolute Gasteiger partial charge is 0.436 e. The molecular formula is C15H13F3N6O2. The Hall–Kier alpha value is -3.24. The van der Waals surface area contributed by atoms with Gasteiger partial charge in [-0.15, -0.1) is 10.2 Å². The third kappa shape index (κ3) is 3.71. The molecular weight excluding hydrogens is 353 g/mol. The molecule has 1 N–H and O–H groups in total. The van der Waals surface area contributed by atoms with E-state index in [9.17, 15) is 18.0 Å². The first-order valence-corrected chi connectivity index (χ1v) is 7.53. The molecule has 26 heavy (non-hydrogen) atoms. The van der Waals surface area contributed by atoms with Gasteiger partial charge in [0.1, 0.15) is 5.56 Å². The number of H-pyrrole nitrogens is 1. The number of carbonyl (C=O) groups excluding carboxylic acids is 1. The lowest BCUT2D eigenvalue weighted by atomic mass is 10.1. The lowest BCUT2D eigenvalue weighted by Gasteiger charge is -2.05. The average Bonchev–Trinajstić information content (AvgIpc) is 3.25. The van der Waals surface area contributed by atoms with Crippen molar-refractivity contribution in [1.29, 1.82) is 0 Å². The number of hydrogen-bond donors (Lipinski definition) is 1. The second-order valence-electron chi connectivity index (χ2n) is 5.24. The van der Waals surface area contributed by atoms with Crippen LogP contribution in [-0.2, 0) is 17.5 Å². The molecule has 2 aromatic heterocycles. The highest BCUT2D eigenvalue weighted by Crippen LogP contribution is 2.31. The fraction of sp³-hybridized carbons (Fsp3) is 0.267. The van der Waals surface area contributed by atoms with E-state index in [0.29, 0.717) is 17.0 Å². The van der Waals surface area contributed by atoms with Crippen molar-refractivity contribution in [2.75, 3.05) is 6.61 Å². The van der Waals surface area contributed by atoms with Gasteiger partial charge < -0.3 is 4.74 Å². The highest BCUT2D eigenvalue weighted by molar-refractivity contribution is 5.90. The molecule has 3 aromatic rings. The number of benzene rings is 1. The first-order chi connectivity index (χ1) is 12.4. The molecule has 11 heteroatoms. The van der Waals surface area contributed by atoms with E-state index in [4.69, 9.17) is 0 Å². The number of alkyl halides is 3. The lowest BCUT2D eigenvalue weighted by molar-refractivity contribution is -0.142. The second kappa shape index (κ2) is 6.94. The van der Waals surface area contributed by atoms with Gasteiger partial charge in [-0.2, -0.15) is 23.5 Å². The van der Waals surface area contributed by atoms with E-state index in [1.807, 2.05) is 0 Å². The van der Waals surface area contributed by atoms with Gasteiger partial charge in [0.05, 0.1) is 13.2 Å². The van der Waals surface area contributed by atoms with Crippen molar-refractivity contribution in [1.82, 2.24) is 30.4 Å². The van der Waals surface area contributed by atoms with Gasteiger partial charge in [0.2, 0.25) is 5.82 Å². The van der Waals surface area contributed by atoms with Crippen LogP contribution in [0.1, 0.15) is 28.5 Å². The highest BCUT2D eigenvalue weighted by Gasteiger charge is 2.39. The van der Waals surface area contributed by atoms with Gasteiger partial charge in [0.15, 0.2) is 5.69 Å². The summed E-state index contributed by atoms with van der Waals surface area (Å²) in [5.41, 5.74) is -0.489. The number of tetrazole rings is 1. The number of esters is 1. The van der Waals surface area contributed by atoms with Crippen molar-refractivity contribution >= 4 is 5.97 Å². The van der Waals surface area contributed by atoms with Gasteiger partial charge >= 0.3 is 12.1 Å². The van der Waals surface area contributed by atoms with Crippen molar-refractivity contribution < 1.29 is 22.7 Å². The van der Waals surface area contributed by atoms with E-state index in [1.54, 1.807) is 24.3 Å². The molecule has 136 valence electrons. The molecule has 0 aliphatic heterocycles. The minimum atomic E-state index is -4.75. The van der Waals surface area contributed by atoms with Crippen molar-refractivity contribution in [3.8, 4) is 11.4 Å². The Labute approximate surface area is 145 Å². The van der Waals surface area contributed by atoms with Crippen LogP contribution in [0.15, 0.2) is 30.5 Å². The minimum Gasteiger partial charge on any atom is -0.462 e. The molecule has 0 spiro atoms. The zero-order valence-corrected chi connectivity index (χ0v) is 13.5. The van der Waals surface area contributed by atoms with Gasteiger partial charge in [-0.05, 0) is 17.7 Å². The van der Waals surface area contributed by atoms with Crippen molar-refractivity contribution in [3.05, 3.63) is 47.3 Å². The Bertz CT molecular complexity index is 887. The maximum absolute atomic E-state index is 13.1. The van der Waals surface area contributed by atoms with Crippen LogP contribution in [0.5, 0.6) is 0 Å². The zero-order valence-electron chi connectivity index (χ0n) is 13.5. The van der Waals surface area contributed by atoms with Crippen molar-refractivity contribution in [3.63, 3.8) is 0 Å². The van der Waals surface area contributed by atoms with Crippen LogP contribution >= 0.6 is 0 Å². The molecule has 0 unspecified atom stereocenters. The molecule has 3 rings (SSSR count). The van der Waals surface area contributed by atoms with Crippen LogP contribution in [0.25, 0.3) is 11.4 Å². The first-order valence-electron chi connectivity index (χ1n) is 7.53. The number of aromatic nitrogens is 6. The van der Waals surface area contributed by atoms with Crippen LogP contribution in [0.3, 0.4) is 0 Å². The maximum atomic E-state index is 13.1. The predicted octanol–water partition coefficient (Wildman–Crippen LogP) is 2.31. The number of nitrogens with zero attached hydrogens (tertiary/aromatic N) is 5. The summed E-state index contributed by atoms with van der Waals surface area (Å²) in [6.45, 7) is 1.54. The molecule has 0 aliphatic rings. The minimum absolute atomic E-state index is 0.0289. The standard InChI is InChI=1S/C15H13F3N6O2/c1-2-26-14(25)11-8-24(21-12(11)15(16,17)18)7-9-3-5-10(6-4-9)13-19-22-23-20-13/h3-6,8H,2,7H2,1H3,(H,19,20,22,23). The van der Waals surface area contributed by atoms with Crippen molar-refractivity contribution in [2.45, 2.75) is 19.6 Å². The molecule has 0 saturated carbocycles. The highest BCUT2D eigenvalue weighted by atomic mass is 19.4. The molecule has 0 bridgehead atoms. The fourth-order valence-electron chi connectivity index (χ4n) is 2.30. The zero-order chi connectivity index (χ0) is 18.7. The monoisotopic (exact) mass is 366 g/mol. The van der Waals surface area contributed by atoms with Crippen LogP contribution in [-0.4, -0.2) is 43.0 Å². The molecule has 8 nitrogen and oxygen atoms in total. The van der Waals surface area contributed by atoms with E-state index in [-0.39, 0.29) is 13.2 Å². The lowest BCUT2D eigenvalue weighted by Crippen LogP contribution is -2.14. The third-order valence-corrected chi connectivity index (χ3v) is 3.43. The summed E-state index contributed by atoms with van der Waals surface area (Å²) in [6.07, 6.45) is -3.72. The Balaban J connectivity index is 1.84. The second-order valence-corrected chi connectivity index (χ2v) is 5.24. The summed E-state index contributed by atoms with van der Waals surface area (Å²) in [5.74, 6) is -0.655. The fourth-order valence-corrected chi connectivity index (χ4v) is 2.30.